The Morgan fingerprint density at radius 2 is 1.23 bits per heavy atom. The molecule has 0 heterocycles. The molecule has 0 aliphatic carbocycles. The summed E-state index contributed by atoms with van der Waals surface area (Å²) in [6, 6.07) is 0. The summed E-state index contributed by atoms with van der Waals surface area (Å²) in [5.74, 6) is 0. The van der Waals surface area contributed by atoms with Crippen LogP contribution in [0, 0.1) is 0 Å². The molecule has 0 spiro atoms. The van der Waals surface area contributed by atoms with Gasteiger partial charge in [0, 0.05) is 0 Å². The summed E-state index contributed by atoms with van der Waals surface area (Å²) >= 11 is 0. The van der Waals surface area contributed by atoms with Crippen LogP contribution in [0.15, 0.2) is 12.2 Å². The van der Waals surface area contributed by atoms with Gasteiger partial charge in [0.2, 0.25) is 0 Å². The van der Waals surface area contributed by atoms with Crippen LogP contribution in [0.25, 0.3) is 0 Å². The largest absolute Gasteiger partial charge is 0.756 e. The number of phosphoric acid groups is 1. The number of rotatable bonds is 21. The van der Waals surface area contributed by atoms with Crippen molar-refractivity contribution in [3.8, 4) is 0 Å². The van der Waals surface area contributed by atoms with E-state index in [9.17, 15) is 9.46 Å². The molecule has 1 unspecified atom stereocenters. The van der Waals surface area contributed by atoms with Gasteiger partial charge in [-0.1, -0.05) is 76.9 Å². The van der Waals surface area contributed by atoms with Gasteiger partial charge in [-0.05, 0) is 52.9 Å². The minimum absolute atomic E-state index is 0.0704. The number of unbranched alkanes of at least 4 members (excludes halogenated alkanes) is 12. The van der Waals surface area contributed by atoms with Gasteiger partial charge < -0.3 is 19.3 Å². The second-order valence-corrected chi connectivity index (χ2v) is 10.8. The molecular weight excluding hydrogens is 397 g/mol. The Labute approximate surface area is 187 Å². The lowest BCUT2D eigenvalue weighted by molar-refractivity contribution is -0.717. The van der Waals surface area contributed by atoms with Crippen molar-refractivity contribution in [2.45, 2.75) is 123 Å². The third-order valence-corrected chi connectivity index (χ3v) is 6.03. The Morgan fingerprint density at radius 1 is 0.767 bits per heavy atom. The molecule has 1 atom stereocenters. The van der Waals surface area contributed by atoms with Crippen LogP contribution in [-0.4, -0.2) is 25.3 Å². The zero-order chi connectivity index (χ0) is 22.6. The van der Waals surface area contributed by atoms with Gasteiger partial charge in [0.05, 0.1) is 12.1 Å². The van der Waals surface area contributed by atoms with Crippen molar-refractivity contribution in [2.24, 2.45) is 0 Å². The highest BCUT2D eigenvalue weighted by Crippen LogP contribution is 2.37. The van der Waals surface area contributed by atoms with Gasteiger partial charge >= 0.3 is 0 Å². The van der Waals surface area contributed by atoms with E-state index in [1.54, 1.807) is 0 Å². The summed E-state index contributed by atoms with van der Waals surface area (Å²) in [6.07, 6.45) is 21.9. The predicted octanol–water partition coefficient (Wildman–Crippen LogP) is 5.89. The number of hydrogen-bond acceptors (Lipinski definition) is 4. The van der Waals surface area contributed by atoms with E-state index in [0.29, 0.717) is 6.54 Å². The Morgan fingerprint density at radius 3 is 1.77 bits per heavy atom. The van der Waals surface area contributed by atoms with Crippen molar-refractivity contribution in [3.05, 3.63) is 12.2 Å². The van der Waals surface area contributed by atoms with Crippen molar-refractivity contribution < 1.29 is 23.8 Å². The first-order chi connectivity index (χ1) is 14.3. The van der Waals surface area contributed by atoms with Gasteiger partial charge in [0.1, 0.15) is 13.2 Å². The average Bonchev–Trinajstić information content (AvgIpc) is 2.67. The van der Waals surface area contributed by atoms with Gasteiger partial charge in [-0.25, -0.2) is 0 Å². The minimum atomic E-state index is -4.14. The number of nitrogens with two attached hydrogens (primary N) is 1. The summed E-state index contributed by atoms with van der Waals surface area (Å²) in [5, 5.41) is 2.05. The topological polar surface area (TPSA) is 75.2 Å². The molecule has 0 aromatic rings. The van der Waals surface area contributed by atoms with Crippen molar-refractivity contribution in [1.82, 2.24) is 0 Å². The van der Waals surface area contributed by atoms with Crippen LogP contribution in [0.3, 0.4) is 0 Å². The van der Waals surface area contributed by atoms with Crippen LogP contribution in [0.4, 0.5) is 0 Å². The zero-order valence-corrected chi connectivity index (χ0v) is 21.2. The van der Waals surface area contributed by atoms with E-state index in [1.165, 1.54) is 70.6 Å². The maximum atomic E-state index is 11.7. The summed E-state index contributed by atoms with van der Waals surface area (Å²) in [7, 11) is -4.14. The molecule has 0 aromatic carbocycles. The highest BCUT2D eigenvalue weighted by molar-refractivity contribution is 7.45. The third-order valence-electron chi connectivity index (χ3n) is 5.03. The number of hydrogen-bond donors (Lipinski definition) is 1. The molecular formula is C24H50NO4P. The highest BCUT2D eigenvalue weighted by Gasteiger charge is 2.14. The maximum absolute atomic E-state index is 11.7. The van der Waals surface area contributed by atoms with Gasteiger partial charge in [-0.2, -0.15) is 0 Å². The van der Waals surface area contributed by atoms with E-state index >= 15 is 0 Å². The first kappa shape index (κ1) is 29.8. The fourth-order valence-electron chi connectivity index (χ4n) is 3.22. The summed E-state index contributed by atoms with van der Waals surface area (Å²) in [4.78, 5) is 11.7. The van der Waals surface area contributed by atoms with E-state index < -0.39 is 7.82 Å². The third kappa shape index (κ3) is 24.1. The molecule has 5 nitrogen and oxygen atoms in total. The van der Waals surface area contributed by atoms with Gasteiger partial charge in [0.25, 0.3) is 7.82 Å². The lowest BCUT2D eigenvalue weighted by atomic mass is 10.1. The number of quaternary nitrogens is 1. The van der Waals surface area contributed by atoms with Gasteiger partial charge in [-0.3, -0.25) is 4.57 Å². The Hall–Kier alpha value is -0.190. The molecule has 2 N–H and O–H groups in total. The monoisotopic (exact) mass is 447 g/mol. The quantitative estimate of drug-likeness (QED) is 0.135. The Bertz CT molecular complexity index is 449. The van der Waals surface area contributed by atoms with Gasteiger partial charge in [-0.15, -0.1) is 0 Å². The van der Waals surface area contributed by atoms with E-state index in [-0.39, 0.29) is 18.8 Å². The molecule has 0 saturated heterocycles. The first-order valence-corrected chi connectivity index (χ1v) is 13.8. The molecule has 30 heavy (non-hydrogen) atoms. The number of phosphoric ester groups is 1. The molecule has 180 valence electrons. The standard InChI is InChI=1S/C24H50NO4P/c1-5-6-7-8-9-10-11-12-13-14-15-16-17-18-19-20-22-28-30(26,27)29-23-21-25-24(2,3)4/h12-13,25H,5-11,14-23H2,1-4H3,(H,26,27)/b13-12-. The van der Waals surface area contributed by atoms with Crippen LogP contribution < -0.4 is 10.2 Å². The van der Waals surface area contributed by atoms with E-state index in [1.807, 2.05) is 0 Å². The molecule has 0 radical (unpaired) electrons. The van der Waals surface area contributed by atoms with Crippen LogP contribution in [-0.2, 0) is 13.6 Å². The molecule has 6 heteroatoms. The minimum Gasteiger partial charge on any atom is -0.756 e. The Kier molecular flexibility index (Phi) is 19.4. The van der Waals surface area contributed by atoms with Crippen LogP contribution in [0.5, 0.6) is 0 Å². The molecule has 0 aliphatic rings. The first-order valence-electron chi connectivity index (χ1n) is 12.4. The molecule has 0 saturated carbocycles. The van der Waals surface area contributed by atoms with Crippen molar-refractivity contribution in [2.75, 3.05) is 19.8 Å². The summed E-state index contributed by atoms with van der Waals surface area (Å²) in [6.45, 7) is 9.48. The molecule has 0 aliphatic heterocycles. The smallest absolute Gasteiger partial charge is 0.268 e. The molecule has 0 bridgehead atoms. The van der Waals surface area contributed by atoms with Crippen molar-refractivity contribution in [3.63, 3.8) is 0 Å². The lowest BCUT2D eigenvalue weighted by Crippen LogP contribution is -2.95. The summed E-state index contributed by atoms with van der Waals surface area (Å²) < 4.78 is 21.5. The fraction of sp³-hybridized carbons (Fsp3) is 0.917. The maximum Gasteiger partial charge on any atom is 0.268 e. The second kappa shape index (κ2) is 19.5. The fourth-order valence-corrected chi connectivity index (χ4v) is 3.98. The van der Waals surface area contributed by atoms with E-state index in [0.717, 1.165) is 19.3 Å². The van der Waals surface area contributed by atoms with Crippen LogP contribution in [0.1, 0.15) is 118 Å². The molecule has 0 fully saturated rings. The SMILES string of the molecule is CCCCCCCC/C=C\CCCCCCCCOP(=O)([O-])OCC[NH2+]C(C)(C)C. The molecule has 0 amide bonds. The highest BCUT2D eigenvalue weighted by atomic mass is 31.2. The lowest BCUT2D eigenvalue weighted by Gasteiger charge is -2.23. The zero-order valence-electron chi connectivity index (χ0n) is 20.3. The summed E-state index contributed by atoms with van der Waals surface area (Å²) in [5.41, 5.74) is 0.0704. The van der Waals surface area contributed by atoms with E-state index in [2.05, 4.69) is 45.2 Å². The molecule has 0 aromatic heterocycles. The van der Waals surface area contributed by atoms with Crippen LogP contribution in [0.2, 0.25) is 0 Å². The van der Waals surface area contributed by atoms with E-state index in [4.69, 9.17) is 9.05 Å². The molecule has 0 rings (SSSR count). The van der Waals surface area contributed by atoms with Crippen molar-refractivity contribution >= 4 is 7.82 Å². The van der Waals surface area contributed by atoms with Gasteiger partial charge in [0.15, 0.2) is 0 Å². The number of allylic oxidation sites excluding steroid dienone is 2. The van der Waals surface area contributed by atoms with Crippen molar-refractivity contribution in [1.29, 1.82) is 0 Å². The average molecular weight is 448 g/mol. The predicted molar refractivity (Wildman–Crippen MR) is 126 cm³/mol. The Balaban J connectivity index is 3.37. The normalized spacial score (nSPS) is 14.4. The second-order valence-electron chi connectivity index (χ2n) is 9.41. The van der Waals surface area contributed by atoms with Crippen LogP contribution >= 0.6 is 7.82 Å².